The minimum atomic E-state index is 0.301. The van der Waals surface area contributed by atoms with Crippen LogP contribution in [-0.4, -0.2) is 15.4 Å². The van der Waals surface area contributed by atoms with Gasteiger partial charge in [0.1, 0.15) is 6.26 Å². The predicted octanol–water partition coefficient (Wildman–Crippen LogP) is 3.35. The molecule has 3 aromatic rings. The van der Waals surface area contributed by atoms with E-state index in [1.54, 1.807) is 12.1 Å². The topological polar surface area (TPSA) is 52.1 Å². The first-order valence-electron chi connectivity index (χ1n) is 6.21. The van der Waals surface area contributed by atoms with Crippen molar-refractivity contribution in [1.82, 2.24) is 4.98 Å². The van der Waals surface area contributed by atoms with Gasteiger partial charge in [0, 0.05) is 12.1 Å². The van der Waals surface area contributed by atoms with E-state index < -0.39 is 0 Å². The van der Waals surface area contributed by atoms with Gasteiger partial charge < -0.3 is 9.62 Å². The Balaban J connectivity index is 2.21. The third kappa shape index (κ3) is 2.31. The largest absolute Gasteiger partial charge is 0.618 e. The molecule has 0 saturated carbocycles. The number of nitrogens with zero attached hydrogens (tertiary/aromatic N) is 2. The van der Waals surface area contributed by atoms with Gasteiger partial charge in [-0.15, -0.1) is 0 Å². The Labute approximate surface area is 116 Å². The highest BCUT2D eigenvalue weighted by Gasteiger charge is 2.21. The number of aromatic nitrogens is 1. The molecule has 0 amide bonds. The SMILES string of the molecule is [O-][N+](=C(c1ccccc1)c1ncco1)c1ccccc1. The molecule has 98 valence electrons. The lowest BCUT2D eigenvalue weighted by atomic mass is 10.1. The summed E-state index contributed by atoms with van der Waals surface area (Å²) in [7, 11) is 0. The summed E-state index contributed by atoms with van der Waals surface area (Å²) in [6.07, 6.45) is 2.98. The van der Waals surface area contributed by atoms with Crippen molar-refractivity contribution >= 4 is 11.4 Å². The van der Waals surface area contributed by atoms with Gasteiger partial charge in [0.25, 0.3) is 11.6 Å². The van der Waals surface area contributed by atoms with E-state index in [-0.39, 0.29) is 0 Å². The van der Waals surface area contributed by atoms with Gasteiger partial charge in [-0.1, -0.05) is 36.4 Å². The van der Waals surface area contributed by atoms with Gasteiger partial charge in [-0.05, 0) is 12.1 Å². The summed E-state index contributed by atoms with van der Waals surface area (Å²) in [5.74, 6) is 0.301. The minimum absolute atomic E-state index is 0.301. The normalized spacial score (nSPS) is 12.0. The predicted molar refractivity (Wildman–Crippen MR) is 75.9 cm³/mol. The second kappa shape index (κ2) is 5.40. The van der Waals surface area contributed by atoms with Gasteiger partial charge in [0.2, 0.25) is 5.69 Å². The lowest BCUT2D eigenvalue weighted by Crippen LogP contribution is -2.15. The van der Waals surface area contributed by atoms with Gasteiger partial charge in [-0.2, -0.15) is 4.74 Å². The van der Waals surface area contributed by atoms with Crippen LogP contribution in [0.15, 0.2) is 77.5 Å². The number of oxazole rings is 1. The molecule has 4 nitrogen and oxygen atoms in total. The van der Waals surface area contributed by atoms with Crippen LogP contribution in [0.3, 0.4) is 0 Å². The standard InChI is InChI=1S/C16H12N2O2/c19-18(14-9-5-2-6-10-14)15(16-17-11-12-20-16)13-7-3-1-4-8-13/h1-12H. The van der Waals surface area contributed by atoms with E-state index in [1.165, 1.54) is 12.5 Å². The van der Waals surface area contributed by atoms with Crippen LogP contribution in [-0.2, 0) is 0 Å². The maximum atomic E-state index is 12.6. The molecule has 0 aliphatic rings. The third-order valence-electron chi connectivity index (χ3n) is 2.88. The van der Waals surface area contributed by atoms with Crippen LogP contribution in [0.2, 0.25) is 0 Å². The average molecular weight is 264 g/mol. The molecule has 0 aliphatic heterocycles. The average Bonchev–Trinajstić information content (AvgIpc) is 3.03. The van der Waals surface area contributed by atoms with Crippen molar-refractivity contribution in [1.29, 1.82) is 0 Å². The molecule has 1 heterocycles. The quantitative estimate of drug-likeness (QED) is 0.315. The summed E-state index contributed by atoms with van der Waals surface area (Å²) in [6.45, 7) is 0. The molecule has 0 unspecified atom stereocenters. The number of hydrogen-bond acceptors (Lipinski definition) is 3. The number of para-hydroxylation sites is 1. The lowest BCUT2D eigenvalue weighted by molar-refractivity contribution is -0.360. The van der Waals surface area contributed by atoms with Gasteiger partial charge in [0.05, 0.1) is 11.8 Å². The summed E-state index contributed by atoms with van der Waals surface area (Å²) in [6, 6.07) is 18.3. The monoisotopic (exact) mass is 264 g/mol. The summed E-state index contributed by atoms with van der Waals surface area (Å²) >= 11 is 0. The van der Waals surface area contributed by atoms with Gasteiger partial charge in [-0.3, -0.25) is 0 Å². The molecule has 1 aromatic heterocycles. The van der Waals surface area contributed by atoms with Gasteiger partial charge in [0.15, 0.2) is 0 Å². The van der Waals surface area contributed by atoms with Crippen molar-refractivity contribution in [3.8, 4) is 0 Å². The van der Waals surface area contributed by atoms with Crippen molar-refractivity contribution < 1.29 is 9.16 Å². The fourth-order valence-corrected chi connectivity index (χ4v) is 1.96. The maximum Gasteiger partial charge on any atom is 0.294 e. The molecule has 0 atom stereocenters. The van der Waals surface area contributed by atoms with E-state index in [9.17, 15) is 5.21 Å². The number of hydrogen-bond donors (Lipinski definition) is 0. The van der Waals surface area contributed by atoms with Crippen LogP contribution in [0.25, 0.3) is 0 Å². The van der Waals surface area contributed by atoms with Crippen LogP contribution >= 0.6 is 0 Å². The molecule has 0 saturated heterocycles. The molecule has 0 radical (unpaired) electrons. The Bertz CT molecular complexity index is 705. The molecular weight excluding hydrogens is 252 g/mol. The molecule has 2 aromatic carbocycles. The Hall–Kier alpha value is -2.88. The molecule has 0 N–H and O–H groups in total. The zero-order valence-corrected chi connectivity index (χ0v) is 10.6. The van der Waals surface area contributed by atoms with Crippen LogP contribution in [0, 0.1) is 5.21 Å². The van der Waals surface area contributed by atoms with E-state index >= 15 is 0 Å². The summed E-state index contributed by atoms with van der Waals surface area (Å²) in [5, 5.41) is 12.6. The Kier molecular flexibility index (Phi) is 3.29. The fourth-order valence-electron chi connectivity index (χ4n) is 1.96. The highest BCUT2D eigenvalue weighted by molar-refractivity contribution is 6.07. The summed E-state index contributed by atoms with van der Waals surface area (Å²) in [4.78, 5) is 4.09. The maximum absolute atomic E-state index is 12.6. The number of rotatable bonds is 3. The second-order valence-corrected chi connectivity index (χ2v) is 4.18. The Morgan fingerprint density at radius 3 is 2.20 bits per heavy atom. The summed E-state index contributed by atoms with van der Waals surface area (Å²) < 4.78 is 6.14. The first kappa shape index (κ1) is 12.2. The van der Waals surface area contributed by atoms with E-state index in [4.69, 9.17) is 4.42 Å². The molecule has 20 heavy (non-hydrogen) atoms. The zero-order chi connectivity index (χ0) is 13.8. The number of benzene rings is 2. The molecule has 3 rings (SSSR count). The molecule has 0 bridgehead atoms. The van der Waals surface area contributed by atoms with Crippen molar-refractivity contribution in [2.75, 3.05) is 0 Å². The molecular formula is C16H12N2O2. The van der Waals surface area contributed by atoms with Crippen LogP contribution < -0.4 is 0 Å². The first-order valence-corrected chi connectivity index (χ1v) is 6.21. The van der Waals surface area contributed by atoms with E-state index in [1.807, 2.05) is 48.5 Å². The minimum Gasteiger partial charge on any atom is -0.618 e. The molecule has 0 spiro atoms. The van der Waals surface area contributed by atoms with Crippen molar-refractivity contribution in [3.63, 3.8) is 0 Å². The van der Waals surface area contributed by atoms with Gasteiger partial charge in [-0.25, -0.2) is 4.98 Å². The highest BCUT2D eigenvalue weighted by atomic mass is 16.5. The van der Waals surface area contributed by atoms with Crippen molar-refractivity contribution in [2.24, 2.45) is 0 Å². The molecule has 0 fully saturated rings. The molecule has 0 aliphatic carbocycles. The Morgan fingerprint density at radius 2 is 1.60 bits per heavy atom. The fraction of sp³-hybridized carbons (Fsp3) is 0. The van der Waals surface area contributed by atoms with E-state index in [0.717, 1.165) is 10.3 Å². The molecule has 4 heteroatoms. The first-order chi connectivity index (χ1) is 9.86. The second-order valence-electron chi connectivity index (χ2n) is 4.18. The lowest BCUT2D eigenvalue weighted by Gasteiger charge is -2.08. The van der Waals surface area contributed by atoms with Gasteiger partial charge >= 0.3 is 0 Å². The van der Waals surface area contributed by atoms with Crippen molar-refractivity contribution in [3.05, 3.63) is 89.8 Å². The highest BCUT2D eigenvalue weighted by Crippen LogP contribution is 2.16. The van der Waals surface area contributed by atoms with Crippen molar-refractivity contribution in [2.45, 2.75) is 0 Å². The van der Waals surface area contributed by atoms with E-state index in [0.29, 0.717) is 17.3 Å². The Morgan fingerprint density at radius 1 is 0.950 bits per heavy atom. The van der Waals surface area contributed by atoms with Crippen LogP contribution in [0.5, 0.6) is 0 Å². The van der Waals surface area contributed by atoms with E-state index in [2.05, 4.69) is 4.98 Å². The van der Waals surface area contributed by atoms with Crippen LogP contribution in [0.4, 0.5) is 5.69 Å². The summed E-state index contributed by atoms with van der Waals surface area (Å²) in [5.41, 5.74) is 1.68. The van der Waals surface area contributed by atoms with Crippen LogP contribution in [0.1, 0.15) is 11.5 Å². The smallest absolute Gasteiger partial charge is 0.294 e. The third-order valence-corrected chi connectivity index (χ3v) is 2.88. The zero-order valence-electron chi connectivity index (χ0n) is 10.6.